The Hall–Kier alpha value is -3.09. The molecule has 0 aliphatic rings. The van der Waals surface area contributed by atoms with Crippen LogP contribution in [0.4, 0.5) is 5.69 Å². The van der Waals surface area contributed by atoms with Gasteiger partial charge in [0.15, 0.2) is 6.10 Å². The van der Waals surface area contributed by atoms with Gasteiger partial charge in [0.1, 0.15) is 11.5 Å². The highest BCUT2D eigenvalue weighted by Gasteiger charge is 2.20. The number of esters is 1. The molecule has 2 aromatic rings. The molecule has 1 N–H and O–H groups in total. The number of nitrogens with zero attached hydrogens (tertiary/aromatic N) is 1. The fourth-order valence-electron chi connectivity index (χ4n) is 1.91. The van der Waals surface area contributed by atoms with E-state index in [4.69, 9.17) is 14.2 Å². The van der Waals surface area contributed by atoms with Gasteiger partial charge in [-0.3, -0.25) is 9.78 Å². The van der Waals surface area contributed by atoms with Crippen molar-refractivity contribution in [1.82, 2.24) is 4.98 Å². The summed E-state index contributed by atoms with van der Waals surface area (Å²) in [6.45, 7) is 1.49. The summed E-state index contributed by atoms with van der Waals surface area (Å²) in [5.74, 6) is -0.0278. The number of carbonyl (C=O) groups excluding carboxylic acids is 2. The molecule has 1 heterocycles. The Balaban J connectivity index is 2.03. The highest BCUT2D eigenvalue weighted by molar-refractivity contribution is 5.98. The van der Waals surface area contributed by atoms with E-state index in [-0.39, 0.29) is 0 Å². The lowest BCUT2D eigenvalue weighted by Gasteiger charge is -2.15. The number of pyridine rings is 1. The Morgan fingerprint density at radius 2 is 1.79 bits per heavy atom. The predicted octanol–water partition coefficient (Wildman–Crippen LogP) is 2.28. The molecular formula is C17H18N2O5. The van der Waals surface area contributed by atoms with Crippen LogP contribution in [0.25, 0.3) is 0 Å². The molecule has 0 fully saturated rings. The van der Waals surface area contributed by atoms with Crippen LogP contribution in [0.2, 0.25) is 0 Å². The van der Waals surface area contributed by atoms with Crippen LogP contribution in [-0.4, -0.2) is 37.2 Å². The lowest BCUT2D eigenvalue weighted by atomic mass is 10.2. The third-order valence-electron chi connectivity index (χ3n) is 3.24. The lowest BCUT2D eigenvalue weighted by molar-refractivity contribution is -0.123. The molecular weight excluding hydrogens is 312 g/mol. The summed E-state index contributed by atoms with van der Waals surface area (Å²) in [7, 11) is 3.02. The van der Waals surface area contributed by atoms with Crippen molar-refractivity contribution in [3.8, 4) is 11.5 Å². The zero-order valence-corrected chi connectivity index (χ0v) is 13.6. The van der Waals surface area contributed by atoms with Crippen LogP contribution in [0, 0.1) is 0 Å². The van der Waals surface area contributed by atoms with Crippen LogP contribution in [0.3, 0.4) is 0 Å². The maximum Gasteiger partial charge on any atom is 0.339 e. The summed E-state index contributed by atoms with van der Waals surface area (Å²) in [4.78, 5) is 28.0. The summed E-state index contributed by atoms with van der Waals surface area (Å²) in [6.07, 6.45) is 1.98. The number of methoxy groups -OCH3 is 2. The number of carbonyl (C=O) groups is 2. The molecule has 126 valence electrons. The molecule has 0 saturated carbocycles. The highest BCUT2D eigenvalue weighted by atomic mass is 16.5. The minimum Gasteiger partial charge on any atom is -0.497 e. The second kappa shape index (κ2) is 7.96. The molecule has 0 saturated heterocycles. The molecule has 2 rings (SSSR count). The van der Waals surface area contributed by atoms with E-state index < -0.39 is 18.0 Å². The van der Waals surface area contributed by atoms with Crippen LogP contribution in [0.15, 0.2) is 42.7 Å². The first kappa shape index (κ1) is 17.3. The van der Waals surface area contributed by atoms with E-state index in [9.17, 15) is 9.59 Å². The second-order valence-electron chi connectivity index (χ2n) is 4.84. The first-order chi connectivity index (χ1) is 11.5. The summed E-state index contributed by atoms with van der Waals surface area (Å²) in [5, 5.41) is 2.66. The minimum atomic E-state index is -0.975. The van der Waals surface area contributed by atoms with E-state index in [1.807, 2.05) is 0 Å². The predicted molar refractivity (Wildman–Crippen MR) is 87.3 cm³/mol. The Labute approximate surface area is 139 Å². The van der Waals surface area contributed by atoms with Gasteiger partial charge in [-0.05, 0) is 31.2 Å². The number of ether oxygens (including phenoxy) is 3. The Morgan fingerprint density at radius 1 is 1.08 bits per heavy atom. The average molecular weight is 330 g/mol. The Morgan fingerprint density at radius 3 is 2.42 bits per heavy atom. The van der Waals surface area contributed by atoms with Crippen molar-refractivity contribution in [2.24, 2.45) is 0 Å². The number of benzene rings is 1. The first-order valence-corrected chi connectivity index (χ1v) is 7.19. The van der Waals surface area contributed by atoms with Gasteiger partial charge in [0.2, 0.25) is 0 Å². The van der Waals surface area contributed by atoms with Gasteiger partial charge in [0.25, 0.3) is 5.91 Å². The largest absolute Gasteiger partial charge is 0.497 e. The average Bonchev–Trinajstić information content (AvgIpc) is 2.62. The SMILES string of the molecule is COc1ccc(NC(=O)C(C)OC(=O)c2ccncc2)c(OC)c1. The number of aromatic nitrogens is 1. The highest BCUT2D eigenvalue weighted by Crippen LogP contribution is 2.29. The zero-order valence-electron chi connectivity index (χ0n) is 13.6. The molecule has 1 aromatic carbocycles. The van der Waals surface area contributed by atoms with Gasteiger partial charge in [-0.25, -0.2) is 4.79 Å². The Bertz CT molecular complexity index is 718. The molecule has 0 bridgehead atoms. The van der Waals surface area contributed by atoms with Crippen molar-refractivity contribution < 1.29 is 23.8 Å². The minimum absolute atomic E-state index is 0.326. The molecule has 1 amide bonds. The van der Waals surface area contributed by atoms with E-state index >= 15 is 0 Å². The van der Waals surface area contributed by atoms with Gasteiger partial charge in [-0.1, -0.05) is 0 Å². The van der Waals surface area contributed by atoms with E-state index in [0.717, 1.165) is 0 Å². The van der Waals surface area contributed by atoms with Crippen LogP contribution in [0.1, 0.15) is 17.3 Å². The van der Waals surface area contributed by atoms with Crippen molar-refractivity contribution in [2.45, 2.75) is 13.0 Å². The zero-order chi connectivity index (χ0) is 17.5. The number of rotatable bonds is 6. The maximum atomic E-state index is 12.2. The smallest absolute Gasteiger partial charge is 0.339 e. The van der Waals surface area contributed by atoms with Crippen molar-refractivity contribution in [3.63, 3.8) is 0 Å². The number of hydrogen-bond donors (Lipinski definition) is 1. The first-order valence-electron chi connectivity index (χ1n) is 7.19. The molecule has 1 atom stereocenters. The monoisotopic (exact) mass is 330 g/mol. The number of nitrogens with one attached hydrogen (secondary N) is 1. The number of hydrogen-bond acceptors (Lipinski definition) is 6. The van der Waals surface area contributed by atoms with E-state index in [0.29, 0.717) is 22.7 Å². The standard InChI is InChI=1S/C17H18N2O5/c1-11(24-17(21)12-6-8-18-9-7-12)16(20)19-14-5-4-13(22-2)10-15(14)23-3/h4-11H,1-3H3,(H,19,20). The summed E-state index contributed by atoms with van der Waals surface area (Å²) in [5.41, 5.74) is 0.779. The van der Waals surface area contributed by atoms with Gasteiger partial charge in [0.05, 0.1) is 25.5 Å². The quantitative estimate of drug-likeness (QED) is 0.818. The van der Waals surface area contributed by atoms with E-state index in [1.54, 1.807) is 18.2 Å². The summed E-state index contributed by atoms with van der Waals surface area (Å²) in [6, 6.07) is 8.00. The molecule has 7 heteroatoms. The molecule has 1 unspecified atom stereocenters. The normalized spacial score (nSPS) is 11.3. The second-order valence-corrected chi connectivity index (χ2v) is 4.84. The van der Waals surface area contributed by atoms with Gasteiger partial charge < -0.3 is 19.5 Å². The van der Waals surface area contributed by atoms with Gasteiger partial charge in [-0.15, -0.1) is 0 Å². The third-order valence-corrected chi connectivity index (χ3v) is 3.24. The maximum absolute atomic E-state index is 12.2. The van der Waals surface area contributed by atoms with Crippen molar-refractivity contribution in [3.05, 3.63) is 48.3 Å². The third kappa shape index (κ3) is 4.22. The number of amides is 1. The molecule has 0 aliphatic heterocycles. The molecule has 7 nitrogen and oxygen atoms in total. The van der Waals surface area contributed by atoms with Crippen LogP contribution >= 0.6 is 0 Å². The molecule has 24 heavy (non-hydrogen) atoms. The van der Waals surface area contributed by atoms with Crippen molar-refractivity contribution in [2.75, 3.05) is 19.5 Å². The summed E-state index contributed by atoms with van der Waals surface area (Å²) < 4.78 is 15.5. The van der Waals surface area contributed by atoms with Gasteiger partial charge >= 0.3 is 5.97 Å². The Kier molecular flexibility index (Phi) is 5.73. The topological polar surface area (TPSA) is 86.8 Å². The van der Waals surface area contributed by atoms with Gasteiger partial charge in [-0.2, -0.15) is 0 Å². The summed E-state index contributed by atoms with van der Waals surface area (Å²) >= 11 is 0. The fraction of sp³-hybridized carbons (Fsp3) is 0.235. The number of anilines is 1. The van der Waals surface area contributed by atoms with Crippen molar-refractivity contribution >= 4 is 17.6 Å². The van der Waals surface area contributed by atoms with Crippen LogP contribution in [0.5, 0.6) is 11.5 Å². The van der Waals surface area contributed by atoms with Gasteiger partial charge in [0, 0.05) is 18.5 Å². The van der Waals surface area contributed by atoms with Crippen molar-refractivity contribution in [1.29, 1.82) is 0 Å². The lowest BCUT2D eigenvalue weighted by Crippen LogP contribution is -2.30. The fourth-order valence-corrected chi connectivity index (χ4v) is 1.91. The molecule has 1 aromatic heterocycles. The van der Waals surface area contributed by atoms with E-state index in [1.165, 1.54) is 45.7 Å². The van der Waals surface area contributed by atoms with Crippen LogP contribution < -0.4 is 14.8 Å². The molecule has 0 radical (unpaired) electrons. The molecule has 0 aliphatic carbocycles. The van der Waals surface area contributed by atoms with E-state index in [2.05, 4.69) is 10.3 Å². The molecule has 0 spiro atoms. The van der Waals surface area contributed by atoms with Crippen LogP contribution in [-0.2, 0) is 9.53 Å².